The summed E-state index contributed by atoms with van der Waals surface area (Å²) >= 11 is 0. The van der Waals surface area contributed by atoms with Gasteiger partial charge in [0.2, 0.25) is 0 Å². The van der Waals surface area contributed by atoms with Crippen LogP contribution in [-0.4, -0.2) is 18.8 Å². The number of hydrogen-bond acceptors (Lipinski definition) is 4. The minimum absolute atomic E-state index is 0.0185. The monoisotopic (exact) mass is 192 g/mol. The minimum atomic E-state index is -0.0185. The van der Waals surface area contributed by atoms with Gasteiger partial charge in [-0.2, -0.15) is 5.26 Å². The molecular weight excluding hydrogens is 180 g/mol. The third kappa shape index (κ3) is 1.95. The van der Waals surface area contributed by atoms with Crippen LogP contribution in [0.5, 0.6) is 11.5 Å². The Labute approximate surface area is 82.5 Å². The minimum Gasteiger partial charge on any atom is -0.504 e. The second-order valence-corrected chi connectivity index (χ2v) is 2.85. The summed E-state index contributed by atoms with van der Waals surface area (Å²) in [5, 5.41) is 18.3. The summed E-state index contributed by atoms with van der Waals surface area (Å²) in [4.78, 5) is 0. The van der Waals surface area contributed by atoms with E-state index in [4.69, 9.17) is 15.7 Å². The molecule has 4 nitrogen and oxygen atoms in total. The number of aromatic hydroxyl groups is 1. The van der Waals surface area contributed by atoms with E-state index >= 15 is 0 Å². The van der Waals surface area contributed by atoms with Gasteiger partial charge in [0.15, 0.2) is 11.5 Å². The van der Waals surface area contributed by atoms with Crippen molar-refractivity contribution in [2.24, 2.45) is 5.73 Å². The van der Waals surface area contributed by atoms with Crippen molar-refractivity contribution >= 4 is 0 Å². The fraction of sp³-hybridized carbons (Fsp3) is 0.300. The lowest BCUT2D eigenvalue weighted by Crippen LogP contribution is -2.03. The van der Waals surface area contributed by atoms with Crippen LogP contribution in [0.1, 0.15) is 11.1 Å². The van der Waals surface area contributed by atoms with E-state index < -0.39 is 0 Å². The zero-order chi connectivity index (χ0) is 10.6. The first-order valence-corrected chi connectivity index (χ1v) is 4.23. The van der Waals surface area contributed by atoms with Gasteiger partial charge in [0.25, 0.3) is 0 Å². The van der Waals surface area contributed by atoms with Crippen LogP contribution in [0.3, 0.4) is 0 Å². The molecule has 0 amide bonds. The fourth-order valence-electron chi connectivity index (χ4n) is 1.28. The Morgan fingerprint density at radius 1 is 1.57 bits per heavy atom. The van der Waals surface area contributed by atoms with Crippen molar-refractivity contribution in [3.63, 3.8) is 0 Å². The second kappa shape index (κ2) is 4.49. The Morgan fingerprint density at radius 3 is 2.79 bits per heavy atom. The molecule has 3 N–H and O–H groups in total. The van der Waals surface area contributed by atoms with Crippen molar-refractivity contribution < 1.29 is 9.84 Å². The van der Waals surface area contributed by atoms with Crippen LogP contribution in [0.4, 0.5) is 0 Å². The summed E-state index contributed by atoms with van der Waals surface area (Å²) in [5.41, 5.74) is 6.54. The molecule has 0 atom stereocenters. The Bertz CT molecular complexity index is 369. The van der Waals surface area contributed by atoms with Crippen LogP contribution in [0.25, 0.3) is 0 Å². The number of phenols is 1. The highest BCUT2D eigenvalue weighted by molar-refractivity contribution is 5.54. The van der Waals surface area contributed by atoms with Gasteiger partial charge in [0.1, 0.15) is 6.07 Å². The van der Waals surface area contributed by atoms with Crippen LogP contribution in [0.15, 0.2) is 12.1 Å². The van der Waals surface area contributed by atoms with Crippen LogP contribution < -0.4 is 10.5 Å². The predicted molar refractivity (Wildman–Crippen MR) is 52.1 cm³/mol. The maximum absolute atomic E-state index is 9.51. The lowest BCUT2D eigenvalue weighted by atomic mass is 10.1. The van der Waals surface area contributed by atoms with Gasteiger partial charge in [-0.3, -0.25) is 0 Å². The summed E-state index contributed by atoms with van der Waals surface area (Å²) < 4.78 is 4.90. The number of ether oxygens (including phenoxy) is 1. The average molecular weight is 192 g/mol. The van der Waals surface area contributed by atoms with E-state index in [1.165, 1.54) is 7.11 Å². The Kier molecular flexibility index (Phi) is 3.32. The summed E-state index contributed by atoms with van der Waals surface area (Å²) in [5.74, 6) is 0.197. The first-order chi connectivity index (χ1) is 6.72. The Morgan fingerprint density at radius 2 is 2.29 bits per heavy atom. The molecule has 0 fully saturated rings. The summed E-state index contributed by atoms with van der Waals surface area (Å²) in [6.45, 7) is 0.483. The van der Waals surface area contributed by atoms with Crippen LogP contribution in [0, 0.1) is 11.3 Å². The molecule has 0 aliphatic rings. The third-order valence-electron chi connectivity index (χ3n) is 1.89. The van der Waals surface area contributed by atoms with Crippen molar-refractivity contribution in [2.75, 3.05) is 13.7 Å². The predicted octanol–water partition coefficient (Wildman–Crippen LogP) is 0.774. The molecule has 1 aromatic rings. The van der Waals surface area contributed by atoms with Gasteiger partial charge in [-0.1, -0.05) is 0 Å². The first-order valence-electron chi connectivity index (χ1n) is 4.23. The van der Waals surface area contributed by atoms with Gasteiger partial charge in [-0.25, -0.2) is 0 Å². The van der Waals surface area contributed by atoms with Crippen molar-refractivity contribution in [3.8, 4) is 17.6 Å². The quantitative estimate of drug-likeness (QED) is 0.741. The number of methoxy groups -OCH3 is 1. The highest BCUT2D eigenvalue weighted by Gasteiger charge is 2.09. The van der Waals surface area contributed by atoms with E-state index in [9.17, 15) is 5.11 Å². The third-order valence-corrected chi connectivity index (χ3v) is 1.89. The second-order valence-electron chi connectivity index (χ2n) is 2.85. The maximum Gasteiger partial charge on any atom is 0.178 e. The lowest BCUT2D eigenvalue weighted by molar-refractivity contribution is 0.372. The van der Waals surface area contributed by atoms with Crippen LogP contribution in [-0.2, 0) is 6.42 Å². The van der Waals surface area contributed by atoms with Gasteiger partial charge in [0, 0.05) is 0 Å². The molecule has 0 aliphatic heterocycles. The van der Waals surface area contributed by atoms with E-state index in [1.807, 2.05) is 6.07 Å². The smallest absolute Gasteiger partial charge is 0.178 e. The fourth-order valence-corrected chi connectivity index (χ4v) is 1.28. The van der Waals surface area contributed by atoms with Crippen molar-refractivity contribution in [2.45, 2.75) is 6.42 Å². The number of hydrogen-bond donors (Lipinski definition) is 2. The molecule has 0 saturated heterocycles. The van der Waals surface area contributed by atoms with Gasteiger partial charge >= 0.3 is 0 Å². The molecule has 1 rings (SSSR count). The zero-order valence-electron chi connectivity index (χ0n) is 7.95. The molecule has 14 heavy (non-hydrogen) atoms. The topological polar surface area (TPSA) is 79.3 Å². The number of nitrogens with zero attached hydrogens (tertiary/aromatic N) is 1. The molecule has 0 unspecified atom stereocenters. The summed E-state index contributed by atoms with van der Waals surface area (Å²) in [6, 6.07) is 5.19. The van der Waals surface area contributed by atoms with Crippen molar-refractivity contribution in [3.05, 3.63) is 23.3 Å². The Hall–Kier alpha value is -1.73. The molecule has 74 valence electrons. The zero-order valence-corrected chi connectivity index (χ0v) is 7.95. The van der Waals surface area contributed by atoms with E-state index in [2.05, 4.69) is 0 Å². The average Bonchev–Trinajstić information content (AvgIpc) is 2.17. The number of phenolic OH excluding ortho intramolecular Hbond substituents is 1. The molecular formula is C10H12N2O2. The normalized spacial score (nSPS) is 9.50. The van der Waals surface area contributed by atoms with Gasteiger partial charge in [-0.05, 0) is 30.7 Å². The number of nitrogens with two attached hydrogens (primary N) is 1. The molecule has 0 radical (unpaired) electrons. The molecule has 4 heteroatoms. The highest BCUT2D eigenvalue weighted by atomic mass is 16.5. The van der Waals surface area contributed by atoms with E-state index in [0.29, 0.717) is 18.5 Å². The standard InChI is InChI=1S/C10H12N2O2/c1-14-10-8(6-12)4-7(2-3-11)5-9(10)13/h4-5,13H,2-3,11H2,1H3. The molecule has 0 aliphatic carbocycles. The maximum atomic E-state index is 9.51. The summed E-state index contributed by atoms with van der Waals surface area (Å²) in [6.07, 6.45) is 0.631. The molecule has 1 aromatic carbocycles. The highest BCUT2D eigenvalue weighted by Crippen LogP contribution is 2.30. The van der Waals surface area contributed by atoms with Gasteiger partial charge < -0.3 is 15.6 Å². The van der Waals surface area contributed by atoms with Gasteiger partial charge in [0.05, 0.1) is 12.7 Å². The molecule has 0 aromatic heterocycles. The SMILES string of the molecule is COc1c(O)cc(CCN)cc1C#N. The van der Waals surface area contributed by atoms with E-state index in [-0.39, 0.29) is 11.5 Å². The number of benzene rings is 1. The largest absolute Gasteiger partial charge is 0.504 e. The molecule has 0 bridgehead atoms. The van der Waals surface area contributed by atoms with E-state index in [1.54, 1.807) is 12.1 Å². The van der Waals surface area contributed by atoms with Crippen molar-refractivity contribution in [1.82, 2.24) is 0 Å². The summed E-state index contributed by atoms with van der Waals surface area (Å²) in [7, 11) is 1.42. The Balaban J connectivity index is 3.19. The number of nitriles is 1. The molecule has 0 saturated carbocycles. The number of rotatable bonds is 3. The molecule has 0 heterocycles. The van der Waals surface area contributed by atoms with Crippen molar-refractivity contribution in [1.29, 1.82) is 5.26 Å². The van der Waals surface area contributed by atoms with Gasteiger partial charge in [-0.15, -0.1) is 0 Å². The lowest BCUT2D eigenvalue weighted by Gasteiger charge is -2.07. The first kappa shape index (κ1) is 10.4. The van der Waals surface area contributed by atoms with Crippen LogP contribution >= 0.6 is 0 Å². The molecule has 0 spiro atoms. The van der Waals surface area contributed by atoms with E-state index in [0.717, 1.165) is 5.56 Å². The van der Waals surface area contributed by atoms with Crippen LogP contribution in [0.2, 0.25) is 0 Å².